The molecule has 0 aromatic rings. The molecule has 4 fully saturated rings. The number of ether oxygens (including phenoxy) is 1. The molecular weight excluding hydrogens is 306 g/mol. The van der Waals surface area contributed by atoms with Gasteiger partial charge in [-0.15, -0.1) is 0 Å². The lowest BCUT2D eigenvalue weighted by Crippen LogP contribution is -2.55. The average molecular weight is 335 g/mol. The molecule has 0 aromatic heterocycles. The molecule has 3 saturated heterocycles. The minimum Gasteiger partial charge on any atom is -0.365 e. The molecule has 6 nitrogen and oxygen atoms in total. The molecule has 3 aliphatic heterocycles. The molecule has 4 rings (SSSR count). The molecule has 3 unspecified atom stereocenters. The summed E-state index contributed by atoms with van der Waals surface area (Å²) in [6, 6.07) is 0.511. The van der Waals surface area contributed by atoms with Crippen molar-refractivity contribution in [2.45, 2.75) is 50.7 Å². The maximum Gasteiger partial charge on any atom is 0.253 e. The number of hydrogen-bond donors (Lipinski definition) is 1. The van der Waals surface area contributed by atoms with Crippen LogP contribution >= 0.6 is 0 Å². The van der Waals surface area contributed by atoms with Crippen LogP contribution in [0.1, 0.15) is 38.5 Å². The monoisotopic (exact) mass is 335 g/mol. The van der Waals surface area contributed by atoms with E-state index in [0.717, 1.165) is 39.0 Å². The van der Waals surface area contributed by atoms with Gasteiger partial charge in [-0.3, -0.25) is 14.5 Å². The number of likely N-dealkylation sites (tertiary alicyclic amines) is 1. The smallest absolute Gasteiger partial charge is 0.253 e. The number of nitrogens with one attached hydrogen (secondary N) is 1. The maximum absolute atomic E-state index is 12.8. The lowest BCUT2D eigenvalue weighted by molar-refractivity contribution is -0.154. The van der Waals surface area contributed by atoms with Gasteiger partial charge in [0, 0.05) is 32.2 Å². The second-order valence-electron chi connectivity index (χ2n) is 7.92. The average Bonchev–Trinajstić information content (AvgIpc) is 3.34. The molecule has 0 radical (unpaired) electrons. The Bertz CT molecular complexity index is 494. The normalized spacial score (nSPS) is 34.0. The molecule has 1 N–H and O–H groups in total. The first-order chi connectivity index (χ1) is 11.7. The third kappa shape index (κ3) is 3.59. The van der Waals surface area contributed by atoms with E-state index >= 15 is 0 Å². The van der Waals surface area contributed by atoms with Gasteiger partial charge in [0.25, 0.3) is 5.91 Å². The van der Waals surface area contributed by atoms with Crippen molar-refractivity contribution in [2.75, 3.05) is 39.3 Å². The lowest BCUT2D eigenvalue weighted by atomic mass is 9.96. The summed E-state index contributed by atoms with van der Waals surface area (Å²) in [5, 5.41) is 3.07. The van der Waals surface area contributed by atoms with Crippen LogP contribution in [0.25, 0.3) is 0 Å². The zero-order chi connectivity index (χ0) is 16.5. The van der Waals surface area contributed by atoms with Gasteiger partial charge in [-0.05, 0) is 51.0 Å². The first-order valence-electron chi connectivity index (χ1n) is 9.63. The second kappa shape index (κ2) is 7.00. The van der Waals surface area contributed by atoms with Crippen molar-refractivity contribution in [3.8, 4) is 0 Å². The molecule has 24 heavy (non-hydrogen) atoms. The predicted octanol–water partition coefficient (Wildman–Crippen LogP) is 0.614. The molecule has 134 valence electrons. The van der Waals surface area contributed by atoms with Crippen molar-refractivity contribution >= 4 is 11.8 Å². The van der Waals surface area contributed by atoms with E-state index in [9.17, 15) is 9.59 Å². The van der Waals surface area contributed by atoms with Crippen molar-refractivity contribution in [3.63, 3.8) is 0 Å². The molecule has 1 saturated carbocycles. The molecule has 1 aliphatic carbocycles. The zero-order valence-corrected chi connectivity index (χ0v) is 14.4. The summed E-state index contributed by atoms with van der Waals surface area (Å²) in [6.45, 7) is 4.61. The summed E-state index contributed by atoms with van der Waals surface area (Å²) in [5.41, 5.74) is 0. The Morgan fingerprint density at radius 1 is 1.04 bits per heavy atom. The van der Waals surface area contributed by atoms with Crippen LogP contribution in [-0.2, 0) is 14.3 Å². The van der Waals surface area contributed by atoms with Crippen molar-refractivity contribution in [3.05, 3.63) is 0 Å². The van der Waals surface area contributed by atoms with Gasteiger partial charge in [-0.25, -0.2) is 0 Å². The molecule has 6 heteroatoms. The van der Waals surface area contributed by atoms with E-state index in [1.165, 1.54) is 25.7 Å². The van der Waals surface area contributed by atoms with E-state index in [1.807, 2.05) is 4.90 Å². The second-order valence-corrected chi connectivity index (χ2v) is 7.92. The summed E-state index contributed by atoms with van der Waals surface area (Å²) in [7, 11) is 0. The SMILES string of the molecule is O=C(NCC1CC1)C1CCCN(C(=O)C2CN3CCCC3CO2)C1. The fraction of sp³-hybridized carbons (Fsp3) is 0.889. The number of rotatable bonds is 4. The highest BCUT2D eigenvalue weighted by atomic mass is 16.5. The highest BCUT2D eigenvalue weighted by Crippen LogP contribution is 2.28. The van der Waals surface area contributed by atoms with Gasteiger partial charge in [-0.2, -0.15) is 0 Å². The Morgan fingerprint density at radius 2 is 1.88 bits per heavy atom. The first-order valence-corrected chi connectivity index (χ1v) is 9.63. The van der Waals surface area contributed by atoms with Crippen molar-refractivity contribution in [2.24, 2.45) is 11.8 Å². The summed E-state index contributed by atoms with van der Waals surface area (Å²) in [5.74, 6) is 0.854. The Kier molecular flexibility index (Phi) is 4.77. The number of piperidine rings is 1. The van der Waals surface area contributed by atoms with Gasteiger partial charge in [0.2, 0.25) is 5.91 Å². The molecule has 4 aliphatic rings. The predicted molar refractivity (Wildman–Crippen MR) is 89.4 cm³/mol. The minimum absolute atomic E-state index is 0.0513. The van der Waals surface area contributed by atoms with Crippen molar-refractivity contribution < 1.29 is 14.3 Å². The maximum atomic E-state index is 12.8. The Hall–Kier alpha value is -1.14. The molecular formula is C18H29N3O3. The number of amides is 2. The molecule has 2 amide bonds. The van der Waals surface area contributed by atoms with Crippen LogP contribution in [0, 0.1) is 11.8 Å². The standard InChI is InChI=1S/C18H29N3O3/c22-17(19-9-13-5-6-13)14-3-1-8-21(10-14)18(23)16-11-20-7-2-4-15(20)12-24-16/h13-16H,1-12H2,(H,19,22). The summed E-state index contributed by atoms with van der Waals surface area (Å²) in [6.07, 6.45) is 6.34. The Morgan fingerprint density at radius 3 is 2.71 bits per heavy atom. The number of nitrogens with zero attached hydrogens (tertiary/aromatic N) is 2. The highest BCUT2D eigenvalue weighted by molar-refractivity contribution is 5.83. The van der Waals surface area contributed by atoms with Gasteiger partial charge in [0.15, 0.2) is 0 Å². The van der Waals surface area contributed by atoms with E-state index in [-0.39, 0.29) is 23.8 Å². The van der Waals surface area contributed by atoms with E-state index < -0.39 is 0 Å². The third-order valence-corrected chi connectivity index (χ3v) is 6.03. The third-order valence-electron chi connectivity index (χ3n) is 6.03. The van der Waals surface area contributed by atoms with Crippen LogP contribution in [-0.4, -0.2) is 73.1 Å². The van der Waals surface area contributed by atoms with Gasteiger partial charge in [0.1, 0.15) is 6.10 Å². The Balaban J connectivity index is 1.29. The van der Waals surface area contributed by atoms with Crippen molar-refractivity contribution in [1.29, 1.82) is 0 Å². The molecule has 3 heterocycles. The van der Waals surface area contributed by atoms with E-state index in [1.54, 1.807) is 0 Å². The molecule has 0 bridgehead atoms. The van der Waals surface area contributed by atoms with Crippen LogP contribution in [0.2, 0.25) is 0 Å². The Labute approximate surface area is 143 Å². The largest absolute Gasteiger partial charge is 0.365 e. The molecule has 0 aromatic carbocycles. The lowest BCUT2D eigenvalue weighted by Gasteiger charge is -2.39. The van der Waals surface area contributed by atoms with Gasteiger partial charge >= 0.3 is 0 Å². The van der Waals surface area contributed by atoms with Gasteiger partial charge in [0.05, 0.1) is 12.5 Å². The number of carbonyl (C=O) groups is 2. The van der Waals surface area contributed by atoms with E-state index in [2.05, 4.69) is 10.2 Å². The topological polar surface area (TPSA) is 61.9 Å². The number of hydrogen-bond acceptors (Lipinski definition) is 4. The van der Waals surface area contributed by atoms with Crippen molar-refractivity contribution in [1.82, 2.24) is 15.1 Å². The first kappa shape index (κ1) is 16.3. The minimum atomic E-state index is -0.340. The van der Waals surface area contributed by atoms with E-state index in [4.69, 9.17) is 4.74 Å². The molecule has 0 spiro atoms. The van der Waals surface area contributed by atoms with Crippen LogP contribution in [0.15, 0.2) is 0 Å². The zero-order valence-electron chi connectivity index (χ0n) is 14.4. The number of morpholine rings is 1. The summed E-state index contributed by atoms with van der Waals surface area (Å²) < 4.78 is 5.86. The number of carbonyl (C=O) groups excluding carboxylic acids is 2. The fourth-order valence-corrected chi connectivity index (χ4v) is 4.27. The van der Waals surface area contributed by atoms with Crippen LogP contribution in [0.5, 0.6) is 0 Å². The van der Waals surface area contributed by atoms with E-state index in [0.29, 0.717) is 25.1 Å². The fourth-order valence-electron chi connectivity index (χ4n) is 4.27. The van der Waals surface area contributed by atoms with Gasteiger partial charge < -0.3 is 15.0 Å². The summed E-state index contributed by atoms with van der Waals surface area (Å²) >= 11 is 0. The summed E-state index contributed by atoms with van der Waals surface area (Å²) in [4.78, 5) is 29.4. The van der Waals surface area contributed by atoms with Crippen LogP contribution in [0.4, 0.5) is 0 Å². The highest BCUT2D eigenvalue weighted by Gasteiger charge is 2.38. The van der Waals surface area contributed by atoms with Crippen LogP contribution in [0.3, 0.4) is 0 Å². The number of fused-ring (bicyclic) bond motifs is 1. The van der Waals surface area contributed by atoms with Crippen LogP contribution < -0.4 is 5.32 Å². The van der Waals surface area contributed by atoms with Gasteiger partial charge in [-0.1, -0.05) is 0 Å². The molecule has 3 atom stereocenters. The quantitative estimate of drug-likeness (QED) is 0.818.